The summed E-state index contributed by atoms with van der Waals surface area (Å²) in [6.45, 7) is 3.04. The summed E-state index contributed by atoms with van der Waals surface area (Å²) in [4.78, 5) is 13.9. The second-order valence-electron chi connectivity index (χ2n) is 4.54. The Morgan fingerprint density at radius 1 is 1.56 bits per heavy atom. The van der Waals surface area contributed by atoms with Crippen molar-refractivity contribution in [2.75, 3.05) is 13.1 Å². The number of amides is 1. The van der Waals surface area contributed by atoms with E-state index in [1.165, 1.54) is 6.26 Å². The molecule has 1 aliphatic heterocycles. The number of likely N-dealkylation sites (tertiary alicyclic amines) is 1. The topological polar surface area (TPSA) is 92.1 Å². The van der Waals surface area contributed by atoms with Crippen molar-refractivity contribution in [2.45, 2.75) is 19.8 Å². The molecule has 6 nitrogen and oxygen atoms in total. The highest BCUT2D eigenvalue weighted by atomic mass is 16.4. The average Bonchev–Trinajstić information content (AvgIpc) is 2.84. The number of carbonyl (C=O) groups is 1. The molecule has 0 aliphatic carbocycles. The fourth-order valence-electron chi connectivity index (χ4n) is 2.20. The van der Waals surface area contributed by atoms with Gasteiger partial charge in [0.05, 0.1) is 5.56 Å². The summed E-state index contributed by atoms with van der Waals surface area (Å²) in [5.41, 5.74) is 6.14. The predicted octanol–water partition coefficient (Wildman–Crippen LogP) is 1.19. The molecule has 0 radical (unpaired) electrons. The molecule has 1 fully saturated rings. The van der Waals surface area contributed by atoms with Crippen LogP contribution in [0.25, 0.3) is 0 Å². The first kappa shape index (κ1) is 12.5. The van der Waals surface area contributed by atoms with Crippen molar-refractivity contribution >= 4 is 11.7 Å². The molecule has 0 aromatic carbocycles. The molecule has 2 rings (SSSR count). The number of carbonyl (C=O) groups excluding carboxylic acids is 1. The van der Waals surface area contributed by atoms with Crippen LogP contribution in [0.5, 0.6) is 0 Å². The molecule has 98 valence electrons. The number of hydrogen-bond donors (Lipinski definition) is 2. The zero-order valence-electron chi connectivity index (χ0n) is 10.3. The van der Waals surface area contributed by atoms with Gasteiger partial charge in [-0.25, -0.2) is 0 Å². The van der Waals surface area contributed by atoms with E-state index in [2.05, 4.69) is 5.16 Å². The zero-order valence-corrected chi connectivity index (χ0v) is 10.3. The normalized spacial score (nSPS) is 18.1. The summed E-state index contributed by atoms with van der Waals surface area (Å²) >= 11 is 0. The summed E-state index contributed by atoms with van der Waals surface area (Å²) in [6, 6.07) is 1.73. The largest absolute Gasteiger partial charge is 0.469 e. The van der Waals surface area contributed by atoms with Crippen LogP contribution in [0.15, 0.2) is 21.9 Å². The van der Waals surface area contributed by atoms with E-state index in [1.54, 1.807) is 17.9 Å². The number of nitrogens with two attached hydrogens (primary N) is 1. The number of piperidine rings is 1. The van der Waals surface area contributed by atoms with E-state index in [1.807, 2.05) is 0 Å². The molecule has 1 saturated heterocycles. The fraction of sp³-hybridized carbons (Fsp3) is 0.500. The van der Waals surface area contributed by atoms with Gasteiger partial charge in [0.1, 0.15) is 17.9 Å². The summed E-state index contributed by atoms with van der Waals surface area (Å²) in [6.07, 6.45) is 2.92. The standard InChI is InChI=1S/C12H17N3O3/c1-8-6-10(7-18-8)12(16)15-4-2-9(3-5-15)11(13)14-17/h6-7,9,17H,2-5H2,1H3,(H2,13,14). The van der Waals surface area contributed by atoms with E-state index in [0.717, 1.165) is 18.6 Å². The Balaban J connectivity index is 1.96. The van der Waals surface area contributed by atoms with Crippen LogP contribution in [0, 0.1) is 12.8 Å². The second-order valence-corrected chi connectivity index (χ2v) is 4.54. The molecule has 1 amide bonds. The number of furan rings is 1. The molecule has 0 bridgehead atoms. The Labute approximate surface area is 105 Å². The number of hydrogen-bond acceptors (Lipinski definition) is 4. The van der Waals surface area contributed by atoms with Gasteiger partial charge >= 0.3 is 0 Å². The average molecular weight is 251 g/mol. The van der Waals surface area contributed by atoms with Crippen molar-refractivity contribution in [1.82, 2.24) is 4.90 Å². The van der Waals surface area contributed by atoms with Gasteiger partial charge < -0.3 is 20.3 Å². The van der Waals surface area contributed by atoms with Crippen LogP contribution >= 0.6 is 0 Å². The van der Waals surface area contributed by atoms with E-state index in [0.29, 0.717) is 18.7 Å². The summed E-state index contributed by atoms with van der Waals surface area (Å²) in [7, 11) is 0. The minimum absolute atomic E-state index is 0.0233. The summed E-state index contributed by atoms with van der Waals surface area (Å²) < 4.78 is 5.13. The van der Waals surface area contributed by atoms with E-state index in [-0.39, 0.29) is 17.7 Å². The van der Waals surface area contributed by atoms with E-state index in [4.69, 9.17) is 15.4 Å². The molecule has 0 spiro atoms. The Hall–Kier alpha value is -1.98. The number of rotatable bonds is 2. The molecular formula is C12H17N3O3. The lowest BCUT2D eigenvalue weighted by atomic mass is 9.95. The maximum atomic E-state index is 12.1. The predicted molar refractivity (Wildman–Crippen MR) is 65.5 cm³/mol. The molecular weight excluding hydrogens is 234 g/mol. The zero-order chi connectivity index (χ0) is 13.1. The molecule has 0 atom stereocenters. The minimum Gasteiger partial charge on any atom is -0.469 e. The quantitative estimate of drug-likeness (QED) is 0.357. The second kappa shape index (κ2) is 5.12. The Morgan fingerprint density at radius 2 is 2.22 bits per heavy atom. The van der Waals surface area contributed by atoms with Crippen LogP contribution in [0.3, 0.4) is 0 Å². The Morgan fingerprint density at radius 3 is 2.72 bits per heavy atom. The molecule has 0 unspecified atom stereocenters. The van der Waals surface area contributed by atoms with Gasteiger partial charge in [-0.15, -0.1) is 0 Å². The highest BCUT2D eigenvalue weighted by molar-refractivity contribution is 5.94. The van der Waals surface area contributed by atoms with Crippen LogP contribution in [0.4, 0.5) is 0 Å². The number of oxime groups is 1. The third-order valence-corrected chi connectivity index (χ3v) is 3.29. The van der Waals surface area contributed by atoms with E-state index >= 15 is 0 Å². The lowest BCUT2D eigenvalue weighted by Crippen LogP contribution is -2.41. The minimum atomic E-state index is -0.0233. The van der Waals surface area contributed by atoms with Gasteiger partial charge in [-0.2, -0.15) is 0 Å². The molecule has 0 saturated carbocycles. The number of nitrogens with zero attached hydrogens (tertiary/aromatic N) is 2. The lowest BCUT2D eigenvalue weighted by molar-refractivity contribution is 0.0708. The molecule has 1 aromatic rings. The van der Waals surface area contributed by atoms with Gasteiger partial charge in [0, 0.05) is 19.0 Å². The van der Waals surface area contributed by atoms with Gasteiger partial charge in [-0.3, -0.25) is 4.79 Å². The SMILES string of the molecule is Cc1cc(C(=O)N2CCC(C(N)=NO)CC2)co1. The molecule has 1 aromatic heterocycles. The van der Waals surface area contributed by atoms with Crippen molar-refractivity contribution in [1.29, 1.82) is 0 Å². The van der Waals surface area contributed by atoms with Gasteiger partial charge in [0.25, 0.3) is 5.91 Å². The third kappa shape index (κ3) is 2.47. The molecule has 2 heterocycles. The van der Waals surface area contributed by atoms with Crippen molar-refractivity contribution < 1.29 is 14.4 Å². The first-order valence-electron chi connectivity index (χ1n) is 5.93. The Bertz CT molecular complexity index is 459. The van der Waals surface area contributed by atoms with Crippen LogP contribution < -0.4 is 5.73 Å². The van der Waals surface area contributed by atoms with Crippen LogP contribution in [0.2, 0.25) is 0 Å². The highest BCUT2D eigenvalue weighted by Crippen LogP contribution is 2.19. The number of amidine groups is 1. The first-order chi connectivity index (χ1) is 8.61. The van der Waals surface area contributed by atoms with E-state index in [9.17, 15) is 4.79 Å². The molecule has 18 heavy (non-hydrogen) atoms. The highest BCUT2D eigenvalue weighted by Gasteiger charge is 2.26. The van der Waals surface area contributed by atoms with E-state index < -0.39 is 0 Å². The monoisotopic (exact) mass is 251 g/mol. The maximum absolute atomic E-state index is 12.1. The van der Waals surface area contributed by atoms with Gasteiger partial charge in [-0.05, 0) is 25.8 Å². The summed E-state index contributed by atoms with van der Waals surface area (Å²) in [5, 5.41) is 11.6. The smallest absolute Gasteiger partial charge is 0.257 e. The molecule has 1 aliphatic rings. The van der Waals surface area contributed by atoms with Crippen LogP contribution in [0.1, 0.15) is 29.0 Å². The third-order valence-electron chi connectivity index (χ3n) is 3.29. The molecule has 6 heteroatoms. The van der Waals surface area contributed by atoms with Crippen molar-refractivity contribution in [3.63, 3.8) is 0 Å². The van der Waals surface area contributed by atoms with Crippen molar-refractivity contribution in [2.24, 2.45) is 16.8 Å². The van der Waals surface area contributed by atoms with Crippen molar-refractivity contribution in [3.8, 4) is 0 Å². The Kier molecular flexibility index (Phi) is 3.55. The van der Waals surface area contributed by atoms with Gasteiger partial charge in [-0.1, -0.05) is 5.16 Å². The molecule has 3 N–H and O–H groups in total. The summed E-state index contributed by atoms with van der Waals surface area (Å²) in [5.74, 6) is 1.01. The first-order valence-corrected chi connectivity index (χ1v) is 5.93. The lowest BCUT2D eigenvalue weighted by Gasteiger charge is -2.31. The van der Waals surface area contributed by atoms with Gasteiger partial charge in [0.15, 0.2) is 0 Å². The van der Waals surface area contributed by atoms with Gasteiger partial charge in [0.2, 0.25) is 0 Å². The maximum Gasteiger partial charge on any atom is 0.257 e. The van der Waals surface area contributed by atoms with Crippen molar-refractivity contribution in [3.05, 3.63) is 23.7 Å². The fourth-order valence-corrected chi connectivity index (χ4v) is 2.20. The number of aryl methyl sites for hydroxylation is 1. The van der Waals surface area contributed by atoms with Crippen LogP contribution in [-0.2, 0) is 0 Å². The van der Waals surface area contributed by atoms with Crippen LogP contribution in [-0.4, -0.2) is 34.9 Å².